The Hall–Kier alpha value is -1.39. The standard InChI is InChI=1S/C17H26N2O2/c1-13-7-6-9-16(14(13)2)18-17(20)12-19(3)11-15-8-4-5-10-21-15/h6-7,9,15H,4-5,8,10-12H2,1-3H3,(H,18,20)/t15-/m0/s1. The fraction of sp³-hybridized carbons (Fsp3) is 0.588. The number of nitrogens with one attached hydrogen (secondary N) is 1. The second-order valence-corrected chi connectivity index (χ2v) is 5.98. The highest BCUT2D eigenvalue weighted by atomic mass is 16.5. The molecule has 0 spiro atoms. The van der Waals surface area contributed by atoms with E-state index in [1.165, 1.54) is 12.0 Å². The zero-order valence-electron chi connectivity index (χ0n) is 13.3. The van der Waals surface area contributed by atoms with Crippen LogP contribution >= 0.6 is 0 Å². The Morgan fingerprint density at radius 3 is 2.90 bits per heavy atom. The van der Waals surface area contributed by atoms with Crippen LogP contribution in [0.4, 0.5) is 5.69 Å². The van der Waals surface area contributed by atoms with Gasteiger partial charge in [0.05, 0.1) is 12.6 Å². The first-order valence-electron chi connectivity index (χ1n) is 7.72. The molecular weight excluding hydrogens is 264 g/mol. The number of carbonyl (C=O) groups is 1. The van der Waals surface area contributed by atoms with Crippen LogP contribution < -0.4 is 5.32 Å². The zero-order chi connectivity index (χ0) is 15.2. The molecule has 1 aliphatic heterocycles. The van der Waals surface area contributed by atoms with E-state index in [0.29, 0.717) is 6.54 Å². The van der Waals surface area contributed by atoms with Crippen LogP contribution in [0.15, 0.2) is 18.2 Å². The van der Waals surface area contributed by atoms with Gasteiger partial charge in [0.25, 0.3) is 0 Å². The lowest BCUT2D eigenvalue weighted by Crippen LogP contribution is -2.38. The maximum Gasteiger partial charge on any atom is 0.238 e. The smallest absolute Gasteiger partial charge is 0.238 e. The third-order valence-corrected chi connectivity index (χ3v) is 4.08. The Morgan fingerprint density at radius 2 is 2.19 bits per heavy atom. The maximum atomic E-state index is 12.1. The predicted molar refractivity (Wildman–Crippen MR) is 85.6 cm³/mol. The first-order chi connectivity index (χ1) is 10.1. The molecule has 1 saturated heterocycles. The first-order valence-corrected chi connectivity index (χ1v) is 7.72. The molecule has 0 bridgehead atoms. The van der Waals surface area contributed by atoms with Crippen molar-refractivity contribution in [3.63, 3.8) is 0 Å². The molecule has 0 aromatic heterocycles. The second-order valence-electron chi connectivity index (χ2n) is 5.98. The van der Waals surface area contributed by atoms with Crippen LogP contribution in [0.2, 0.25) is 0 Å². The van der Waals surface area contributed by atoms with Crippen molar-refractivity contribution in [1.82, 2.24) is 4.90 Å². The monoisotopic (exact) mass is 290 g/mol. The van der Waals surface area contributed by atoms with Gasteiger partial charge in [0.2, 0.25) is 5.91 Å². The molecule has 1 N–H and O–H groups in total. The summed E-state index contributed by atoms with van der Waals surface area (Å²) in [5.74, 6) is 0.0296. The highest BCUT2D eigenvalue weighted by Gasteiger charge is 2.17. The lowest BCUT2D eigenvalue weighted by atomic mass is 10.1. The number of hydrogen-bond donors (Lipinski definition) is 1. The van der Waals surface area contributed by atoms with Crippen molar-refractivity contribution in [3.05, 3.63) is 29.3 Å². The normalized spacial score (nSPS) is 18.8. The zero-order valence-corrected chi connectivity index (χ0v) is 13.3. The summed E-state index contributed by atoms with van der Waals surface area (Å²) >= 11 is 0. The molecule has 2 rings (SSSR count). The third-order valence-electron chi connectivity index (χ3n) is 4.08. The summed E-state index contributed by atoms with van der Waals surface area (Å²) < 4.78 is 5.71. The number of likely N-dealkylation sites (N-methyl/N-ethyl adjacent to an activating group) is 1. The molecule has 21 heavy (non-hydrogen) atoms. The van der Waals surface area contributed by atoms with E-state index in [1.807, 2.05) is 31.0 Å². The number of nitrogens with zero attached hydrogens (tertiary/aromatic N) is 1. The van der Waals surface area contributed by atoms with E-state index in [-0.39, 0.29) is 12.0 Å². The van der Waals surface area contributed by atoms with Crippen LogP contribution in [-0.4, -0.2) is 43.7 Å². The Balaban J connectivity index is 1.82. The van der Waals surface area contributed by atoms with Crippen molar-refractivity contribution >= 4 is 11.6 Å². The van der Waals surface area contributed by atoms with Gasteiger partial charge < -0.3 is 10.1 Å². The highest BCUT2D eigenvalue weighted by Crippen LogP contribution is 2.18. The summed E-state index contributed by atoms with van der Waals surface area (Å²) in [6.45, 7) is 6.16. The maximum absolute atomic E-state index is 12.1. The van der Waals surface area contributed by atoms with E-state index in [1.54, 1.807) is 0 Å². The molecule has 0 aliphatic carbocycles. The summed E-state index contributed by atoms with van der Waals surface area (Å²) in [7, 11) is 1.97. The van der Waals surface area contributed by atoms with Crippen LogP contribution in [0.5, 0.6) is 0 Å². The van der Waals surface area contributed by atoms with E-state index >= 15 is 0 Å². The Bertz CT molecular complexity index is 482. The van der Waals surface area contributed by atoms with Gasteiger partial charge in [-0.15, -0.1) is 0 Å². The van der Waals surface area contributed by atoms with E-state index in [2.05, 4.69) is 18.3 Å². The number of ether oxygens (including phenoxy) is 1. The van der Waals surface area contributed by atoms with Gasteiger partial charge >= 0.3 is 0 Å². The summed E-state index contributed by atoms with van der Waals surface area (Å²) in [5.41, 5.74) is 3.23. The molecule has 1 atom stereocenters. The van der Waals surface area contributed by atoms with Crippen LogP contribution in [0, 0.1) is 13.8 Å². The average molecular weight is 290 g/mol. The van der Waals surface area contributed by atoms with Gasteiger partial charge in [-0.25, -0.2) is 0 Å². The van der Waals surface area contributed by atoms with Crippen LogP contribution in [0.1, 0.15) is 30.4 Å². The summed E-state index contributed by atoms with van der Waals surface area (Å²) in [6, 6.07) is 5.97. The number of rotatable bonds is 5. The minimum atomic E-state index is 0.0296. The molecule has 0 saturated carbocycles. The summed E-state index contributed by atoms with van der Waals surface area (Å²) in [5, 5.41) is 3.00. The van der Waals surface area contributed by atoms with Crippen LogP contribution in [-0.2, 0) is 9.53 Å². The molecule has 1 fully saturated rings. The predicted octanol–water partition coefficient (Wildman–Crippen LogP) is 2.74. The van der Waals surface area contributed by atoms with E-state index in [4.69, 9.17) is 4.74 Å². The number of carbonyl (C=O) groups excluding carboxylic acids is 1. The fourth-order valence-corrected chi connectivity index (χ4v) is 2.68. The first kappa shape index (κ1) is 16.0. The molecule has 4 nitrogen and oxygen atoms in total. The fourth-order valence-electron chi connectivity index (χ4n) is 2.68. The largest absolute Gasteiger partial charge is 0.377 e. The van der Waals surface area contributed by atoms with E-state index < -0.39 is 0 Å². The number of aryl methyl sites for hydroxylation is 1. The van der Waals surface area contributed by atoms with Crippen molar-refractivity contribution in [1.29, 1.82) is 0 Å². The molecule has 116 valence electrons. The molecule has 1 aromatic rings. The van der Waals surface area contributed by atoms with Gasteiger partial charge in [0.15, 0.2) is 0 Å². The Kier molecular flexibility index (Phi) is 5.76. The van der Waals surface area contributed by atoms with Crippen molar-refractivity contribution in [2.45, 2.75) is 39.2 Å². The van der Waals surface area contributed by atoms with Gasteiger partial charge in [-0.3, -0.25) is 9.69 Å². The number of hydrogen-bond acceptors (Lipinski definition) is 3. The third kappa shape index (κ3) is 4.83. The molecule has 0 unspecified atom stereocenters. The minimum absolute atomic E-state index is 0.0296. The van der Waals surface area contributed by atoms with Gasteiger partial charge in [0, 0.05) is 18.8 Å². The summed E-state index contributed by atoms with van der Waals surface area (Å²) in [4.78, 5) is 14.2. The quantitative estimate of drug-likeness (QED) is 0.906. The van der Waals surface area contributed by atoms with Gasteiger partial charge in [-0.2, -0.15) is 0 Å². The molecule has 4 heteroatoms. The molecule has 1 amide bonds. The molecule has 1 aromatic carbocycles. The van der Waals surface area contributed by atoms with E-state index in [0.717, 1.165) is 37.2 Å². The lowest BCUT2D eigenvalue weighted by Gasteiger charge is -2.27. The van der Waals surface area contributed by atoms with Crippen molar-refractivity contribution in [2.75, 3.05) is 32.1 Å². The van der Waals surface area contributed by atoms with E-state index in [9.17, 15) is 4.79 Å². The van der Waals surface area contributed by atoms with Gasteiger partial charge in [0.1, 0.15) is 0 Å². The van der Waals surface area contributed by atoms with Crippen molar-refractivity contribution in [3.8, 4) is 0 Å². The van der Waals surface area contributed by atoms with Crippen molar-refractivity contribution in [2.24, 2.45) is 0 Å². The molecule has 0 radical (unpaired) electrons. The van der Waals surface area contributed by atoms with Crippen LogP contribution in [0.3, 0.4) is 0 Å². The Morgan fingerprint density at radius 1 is 1.38 bits per heavy atom. The SMILES string of the molecule is Cc1cccc(NC(=O)CN(C)C[C@@H]2CCCCO2)c1C. The van der Waals surface area contributed by atoms with Crippen molar-refractivity contribution < 1.29 is 9.53 Å². The van der Waals surface area contributed by atoms with Gasteiger partial charge in [-0.05, 0) is 57.4 Å². The van der Waals surface area contributed by atoms with Crippen LogP contribution in [0.25, 0.3) is 0 Å². The molecular formula is C17H26N2O2. The number of anilines is 1. The topological polar surface area (TPSA) is 41.6 Å². The number of amides is 1. The second kappa shape index (κ2) is 7.57. The number of benzene rings is 1. The molecule has 1 aliphatic rings. The highest BCUT2D eigenvalue weighted by molar-refractivity contribution is 5.93. The lowest BCUT2D eigenvalue weighted by molar-refractivity contribution is -0.117. The summed E-state index contributed by atoms with van der Waals surface area (Å²) in [6.07, 6.45) is 3.76. The minimum Gasteiger partial charge on any atom is -0.377 e. The average Bonchev–Trinajstić information content (AvgIpc) is 2.44. The molecule has 1 heterocycles. The Labute approximate surface area is 127 Å². The van der Waals surface area contributed by atoms with Gasteiger partial charge in [-0.1, -0.05) is 12.1 Å².